The SMILES string of the molecule is O.[Cl-].[Cl-].[Cl-].[Cl-].[Pt+2]. The maximum Gasteiger partial charge on any atom is 2.00 e. The molecule has 6 heavy (non-hydrogen) atoms. The second-order valence-electron chi connectivity index (χ2n) is 0. The molecule has 0 bridgehead atoms. The van der Waals surface area contributed by atoms with E-state index in [1.54, 1.807) is 0 Å². The average molecular weight is 355 g/mol. The van der Waals surface area contributed by atoms with Gasteiger partial charge in [-0.25, -0.2) is 0 Å². The fraction of sp³-hybridized carbons (Fsp3) is 0. The van der Waals surface area contributed by atoms with E-state index >= 15 is 0 Å². The third-order valence-corrected chi connectivity index (χ3v) is 0. The van der Waals surface area contributed by atoms with Crippen LogP contribution in [0.2, 0.25) is 0 Å². The van der Waals surface area contributed by atoms with E-state index in [0.717, 1.165) is 0 Å². The van der Waals surface area contributed by atoms with Gasteiger partial charge in [0.25, 0.3) is 0 Å². The van der Waals surface area contributed by atoms with Gasteiger partial charge in [0.2, 0.25) is 0 Å². The first kappa shape index (κ1) is 111. The molecule has 0 radical (unpaired) electrons. The van der Waals surface area contributed by atoms with Gasteiger partial charge in [-0.2, -0.15) is 0 Å². The molecule has 0 heterocycles. The zero-order chi connectivity index (χ0) is 0. The van der Waals surface area contributed by atoms with Crippen LogP contribution in [0.1, 0.15) is 0 Å². The summed E-state index contributed by atoms with van der Waals surface area (Å²) >= 11 is 0. The summed E-state index contributed by atoms with van der Waals surface area (Å²) < 4.78 is 0. The van der Waals surface area contributed by atoms with E-state index in [2.05, 4.69) is 0 Å². The van der Waals surface area contributed by atoms with Gasteiger partial charge in [0.1, 0.15) is 0 Å². The maximum atomic E-state index is 0. The van der Waals surface area contributed by atoms with Gasteiger partial charge in [-0.3, -0.25) is 0 Å². The second kappa shape index (κ2) is 70.2. The molecule has 0 fully saturated rings. The monoisotopic (exact) mass is 353 g/mol. The molecule has 0 spiro atoms. The number of rotatable bonds is 0. The molecule has 0 unspecified atom stereocenters. The van der Waals surface area contributed by atoms with Crippen molar-refractivity contribution in [1.29, 1.82) is 0 Å². The summed E-state index contributed by atoms with van der Waals surface area (Å²) in [6, 6.07) is 0. The molecule has 6 heteroatoms. The summed E-state index contributed by atoms with van der Waals surface area (Å²) in [5.41, 5.74) is 0. The predicted octanol–water partition coefficient (Wildman–Crippen LogP) is -12.8. The van der Waals surface area contributed by atoms with Crippen molar-refractivity contribution in [3.05, 3.63) is 0 Å². The van der Waals surface area contributed by atoms with E-state index in [4.69, 9.17) is 0 Å². The fourth-order valence-electron chi connectivity index (χ4n) is 0. The van der Waals surface area contributed by atoms with Gasteiger partial charge in [0.15, 0.2) is 0 Å². The standard InChI is InChI=1S/4ClH.H2O.Pt/h4*1H;1H2;/q;;;;;+2/p-4. The van der Waals surface area contributed by atoms with Crippen molar-refractivity contribution in [2.45, 2.75) is 0 Å². The summed E-state index contributed by atoms with van der Waals surface area (Å²) in [6.07, 6.45) is 0. The van der Waals surface area contributed by atoms with Crippen LogP contribution in [0.25, 0.3) is 0 Å². The van der Waals surface area contributed by atoms with Crippen LogP contribution >= 0.6 is 0 Å². The third-order valence-electron chi connectivity index (χ3n) is 0. The van der Waals surface area contributed by atoms with Crippen molar-refractivity contribution < 1.29 is 76.2 Å². The molecule has 0 rings (SSSR count). The molecule has 0 saturated heterocycles. The fourth-order valence-corrected chi connectivity index (χ4v) is 0. The molecule has 0 aromatic rings. The van der Waals surface area contributed by atoms with Crippen molar-refractivity contribution in [3.8, 4) is 0 Å². The Morgan fingerprint density at radius 2 is 0.500 bits per heavy atom. The molecule has 1 nitrogen and oxygen atoms in total. The van der Waals surface area contributed by atoms with Crippen molar-refractivity contribution in [2.24, 2.45) is 0 Å². The smallest absolute Gasteiger partial charge is 1.00 e. The molecular weight excluding hydrogens is 353 g/mol. The van der Waals surface area contributed by atoms with Crippen LogP contribution in [0.15, 0.2) is 0 Å². The zero-order valence-corrected chi connectivity index (χ0v) is 7.62. The molecule has 0 atom stereocenters. The first-order chi connectivity index (χ1) is 0. The maximum absolute atomic E-state index is 0. The Bertz CT molecular complexity index is 7.51. The first-order valence-corrected chi connectivity index (χ1v) is 0. The summed E-state index contributed by atoms with van der Waals surface area (Å²) in [4.78, 5) is 0. The molecule has 0 aromatic heterocycles. The summed E-state index contributed by atoms with van der Waals surface area (Å²) in [6.45, 7) is 0. The molecule has 0 saturated carbocycles. The minimum Gasteiger partial charge on any atom is -1.00 e. The Hall–Kier alpha value is 1.81. The number of hydrogen-bond acceptors (Lipinski definition) is 0. The number of halogens is 4. The minimum atomic E-state index is 0. The van der Waals surface area contributed by atoms with Crippen molar-refractivity contribution in [3.63, 3.8) is 0 Å². The summed E-state index contributed by atoms with van der Waals surface area (Å²) in [5, 5.41) is 0. The predicted molar refractivity (Wildman–Crippen MR) is 3.61 cm³/mol. The van der Waals surface area contributed by atoms with Gasteiger partial charge >= 0.3 is 21.1 Å². The normalized spacial score (nSPS) is 0. The molecule has 0 amide bonds. The van der Waals surface area contributed by atoms with Gasteiger partial charge in [-0.1, -0.05) is 0 Å². The van der Waals surface area contributed by atoms with Crippen LogP contribution in [0.4, 0.5) is 0 Å². The van der Waals surface area contributed by atoms with Crippen molar-refractivity contribution in [2.75, 3.05) is 0 Å². The molecular formula is H2Cl4OPt-2. The molecule has 0 aromatic carbocycles. The van der Waals surface area contributed by atoms with E-state index in [-0.39, 0.29) is 76.2 Å². The molecule has 0 aliphatic carbocycles. The topological polar surface area (TPSA) is 31.5 Å². The Morgan fingerprint density at radius 1 is 0.500 bits per heavy atom. The van der Waals surface area contributed by atoms with Crippen molar-refractivity contribution in [1.82, 2.24) is 0 Å². The molecule has 0 aliphatic rings. The van der Waals surface area contributed by atoms with E-state index in [9.17, 15) is 0 Å². The molecule has 48 valence electrons. The van der Waals surface area contributed by atoms with Gasteiger partial charge < -0.3 is 55.1 Å². The van der Waals surface area contributed by atoms with Crippen LogP contribution in [-0.2, 0) is 21.1 Å². The minimum absolute atomic E-state index is 0. The van der Waals surface area contributed by atoms with Crippen LogP contribution in [-0.4, -0.2) is 5.48 Å². The van der Waals surface area contributed by atoms with Gasteiger partial charge in [0.05, 0.1) is 0 Å². The zero-order valence-electron chi connectivity index (χ0n) is 2.33. The quantitative estimate of drug-likeness (QED) is 0.414. The summed E-state index contributed by atoms with van der Waals surface area (Å²) in [5.74, 6) is 0. The Morgan fingerprint density at radius 3 is 0.500 bits per heavy atom. The Kier molecular flexibility index (Phi) is 1300. The number of hydrogen-bond donors (Lipinski definition) is 0. The van der Waals surface area contributed by atoms with Gasteiger partial charge in [-0.05, 0) is 0 Å². The molecule has 2 N–H and O–H groups in total. The first-order valence-electron chi connectivity index (χ1n) is 0. The van der Waals surface area contributed by atoms with Crippen LogP contribution in [0.5, 0.6) is 0 Å². The largest absolute Gasteiger partial charge is 2.00 e. The van der Waals surface area contributed by atoms with Gasteiger partial charge in [-0.15, -0.1) is 0 Å². The van der Waals surface area contributed by atoms with E-state index in [1.165, 1.54) is 0 Å². The third kappa shape index (κ3) is 41.1. The van der Waals surface area contributed by atoms with Gasteiger partial charge in [0, 0.05) is 0 Å². The van der Waals surface area contributed by atoms with E-state index in [1.807, 2.05) is 0 Å². The van der Waals surface area contributed by atoms with Crippen LogP contribution in [0.3, 0.4) is 0 Å². The Labute approximate surface area is 75.8 Å². The van der Waals surface area contributed by atoms with Crippen molar-refractivity contribution >= 4 is 0 Å². The molecule has 0 aliphatic heterocycles. The summed E-state index contributed by atoms with van der Waals surface area (Å²) in [7, 11) is 0. The van der Waals surface area contributed by atoms with E-state index < -0.39 is 0 Å². The van der Waals surface area contributed by atoms with E-state index in [0.29, 0.717) is 0 Å². The second-order valence-corrected chi connectivity index (χ2v) is 0. The average Bonchev–Trinajstić information content (AvgIpc) is 0. The van der Waals surface area contributed by atoms with Crippen LogP contribution < -0.4 is 49.6 Å². The Balaban J connectivity index is 0. The van der Waals surface area contributed by atoms with Crippen LogP contribution in [0, 0.1) is 0 Å².